The van der Waals surface area contributed by atoms with Crippen molar-refractivity contribution in [3.05, 3.63) is 41.6 Å². The number of hydrogen-bond donors (Lipinski definition) is 2. The highest BCUT2D eigenvalue weighted by molar-refractivity contribution is 7.10. The van der Waals surface area contributed by atoms with Crippen LogP contribution in [0.5, 0.6) is 0 Å². The first-order valence-electron chi connectivity index (χ1n) is 6.75. The third kappa shape index (κ3) is 4.26. The van der Waals surface area contributed by atoms with Crippen molar-refractivity contribution in [2.75, 3.05) is 25.0 Å². The first-order chi connectivity index (χ1) is 9.83. The van der Waals surface area contributed by atoms with Crippen molar-refractivity contribution < 1.29 is 5.11 Å². The molecule has 0 unspecified atom stereocenters. The van der Waals surface area contributed by atoms with Gasteiger partial charge in [-0.2, -0.15) is 0 Å². The first kappa shape index (κ1) is 14.9. The number of aromatic nitrogens is 2. The molecule has 2 N–H and O–H groups in total. The molecule has 0 bridgehead atoms. The zero-order valence-corrected chi connectivity index (χ0v) is 12.4. The summed E-state index contributed by atoms with van der Waals surface area (Å²) in [6.45, 7) is 5.16. The molecule has 1 aromatic heterocycles. The Bertz CT molecular complexity index is 503. The molecule has 1 heterocycles. The van der Waals surface area contributed by atoms with Crippen molar-refractivity contribution in [3.63, 3.8) is 0 Å². The second-order valence-electron chi connectivity index (χ2n) is 4.50. The monoisotopic (exact) mass is 292 g/mol. The number of benzene rings is 1. The normalized spacial score (nSPS) is 10.9. The van der Waals surface area contributed by atoms with Crippen molar-refractivity contribution in [1.82, 2.24) is 14.5 Å². The van der Waals surface area contributed by atoms with Gasteiger partial charge in [0.15, 0.2) is 0 Å². The molecule has 0 amide bonds. The van der Waals surface area contributed by atoms with Crippen molar-refractivity contribution in [3.8, 4) is 0 Å². The summed E-state index contributed by atoms with van der Waals surface area (Å²) < 4.78 is 4.00. The van der Waals surface area contributed by atoms with Crippen LogP contribution in [-0.4, -0.2) is 39.3 Å². The average Bonchev–Trinajstić information content (AvgIpc) is 2.88. The number of aliphatic hydroxyl groups excluding tert-OH is 1. The van der Waals surface area contributed by atoms with Crippen LogP contribution in [0.2, 0.25) is 0 Å². The Labute approximate surface area is 123 Å². The van der Waals surface area contributed by atoms with E-state index >= 15 is 0 Å². The van der Waals surface area contributed by atoms with Gasteiger partial charge in [-0.05, 0) is 12.5 Å². The van der Waals surface area contributed by atoms with E-state index in [2.05, 4.69) is 38.9 Å². The molecule has 0 aliphatic rings. The maximum atomic E-state index is 9.23. The predicted molar refractivity (Wildman–Crippen MR) is 81.7 cm³/mol. The molecule has 0 spiro atoms. The minimum Gasteiger partial charge on any atom is -0.395 e. The predicted octanol–water partition coefficient (Wildman–Crippen LogP) is 1.96. The van der Waals surface area contributed by atoms with E-state index in [1.54, 1.807) is 0 Å². The number of rotatable bonds is 8. The fourth-order valence-electron chi connectivity index (χ4n) is 2.02. The van der Waals surface area contributed by atoms with E-state index in [1.165, 1.54) is 17.1 Å². The van der Waals surface area contributed by atoms with Crippen LogP contribution >= 0.6 is 11.5 Å². The standard InChI is InChI=1S/C14H20N4OS/c1-2-15-14-13(16-17-20-14)11-18(8-9-19)10-12-6-4-3-5-7-12/h3-7,15,19H,2,8-11H2,1H3. The summed E-state index contributed by atoms with van der Waals surface area (Å²) in [4.78, 5) is 2.17. The smallest absolute Gasteiger partial charge is 0.134 e. The Hall–Kier alpha value is -1.50. The summed E-state index contributed by atoms with van der Waals surface area (Å²) in [5.41, 5.74) is 2.18. The van der Waals surface area contributed by atoms with Gasteiger partial charge in [-0.15, -0.1) is 5.10 Å². The Morgan fingerprint density at radius 1 is 1.25 bits per heavy atom. The van der Waals surface area contributed by atoms with Crippen LogP contribution in [-0.2, 0) is 13.1 Å². The molecule has 20 heavy (non-hydrogen) atoms. The van der Waals surface area contributed by atoms with Crippen LogP contribution in [0.4, 0.5) is 5.00 Å². The lowest BCUT2D eigenvalue weighted by molar-refractivity contribution is 0.183. The molecule has 6 heteroatoms. The van der Waals surface area contributed by atoms with Crippen molar-refractivity contribution >= 4 is 16.5 Å². The third-order valence-corrected chi connectivity index (χ3v) is 3.66. The molecule has 5 nitrogen and oxygen atoms in total. The molecular weight excluding hydrogens is 272 g/mol. The van der Waals surface area contributed by atoms with Gasteiger partial charge >= 0.3 is 0 Å². The van der Waals surface area contributed by atoms with Crippen LogP contribution in [0.15, 0.2) is 30.3 Å². The van der Waals surface area contributed by atoms with Gasteiger partial charge in [-0.25, -0.2) is 0 Å². The summed E-state index contributed by atoms with van der Waals surface area (Å²) in [6, 6.07) is 10.2. The Morgan fingerprint density at radius 2 is 2.05 bits per heavy atom. The quantitative estimate of drug-likeness (QED) is 0.779. The zero-order chi connectivity index (χ0) is 14.2. The molecule has 0 atom stereocenters. The number of aliphatic hydroxyl groups is 1. The minimum atomic E-state index is 0.140. The van der Waals surface area contributed by atoms with Crippen LogP contribution in [0.1, 0.15) is 18.2 Å². The number of nitrogens with one attached hydrogen (secondary N) is 1. The number of hydrogen-bond acceptors (Lipinski definition) is 6. The van der Waals surface area contributed by atoms with Gasteiger partial charge in [0.05, 0.1) is 6.61 Å². The molecule has 0 saturated carbocycles. The molecule has 108 valence electrons. The Morgan fingerprint density at radius 3 is 2.75 bits per heavy atom. The summed E-state index contributed by atoms with van der Waals surface area (Å²) in [5.74, 6) is 0. The van der Waals surface area contributed by atoms with Crippen LogP contribution in [0.25, 0.3) is 0 Å². The molecule has 2 rings (SSSR count). The van der Waals surface area contributed by atoms with Gasteiger partial charge in [0, 0.05) is 37.7 Å². The van der Waals surface area contributed by atoms with Gasteiger partial charge in [0.25, 0.3) is 0 Å². The molecule has 0 aliphatic heterocycles. The summed E-state index contributed by atoms with van der Waals surface area (Å²) in [6.07, 6.45) is 0. The van der Waals surface area contributed by atoms with E-state index in [9.17, 15) is 5.11 Å². The Balaban J connectivity index is 2.03. The summed E-state index contributed by atoms with van der Waals surface area (Å²) in [5, 5.41) is 17.7. The summed E-state index contributed by atoms with van der Waals surface area (Å²) >= 11 is 1.38. The van der Waals surface area contributed by atoms with Crippen LogP contribution in [0, 0.1) is 0 Å². The average molecular weight is 292 g/mol. The van der Waals surface area contributed by atoms with E-state index in [1.807, 2.05) is 18.2 Å². The maximum absolute atomic E-state index is 9.23. The second-order valence-corrected chi connectivity index (χ2v) is 5.25. The molecule has 2 aromatic rings. The van der Waals surface area contributed by atoms with Crippen molar-refractivity contribution in [2.45, 2.75) is 20.0 Å². The lowest BCUT2D eigenvalue weighted by atomic mass is 10.2. The van der Waals surface area contributed by atoms with E-state index in [-0.39, 0.29) is 6.61 Å². The fraction of sp³-hybridized carbons (Fsp3) is 0.429. The lowest BCUT2D eigenvalue weighted by Crippen LogP contribution is -2.26. The van der Waals surface area contributed by atoms with Gasteiger partial charge in [0.1, 0.15) is 10.7 Å². The van der Waals surface area contributed by atoms with Gasteiger partial charge in [0.2, 0.25) is 0 Å². The first-order valence-corrected chi connectivity index (χ1v) is 7.53. The third-order valence-electron chi connectivity index (χ3n) is 2.93. The largest absolute Gasteiger partial charge is 0.395 e. The van der Waals surface area contributed by atoms with E-state index in [0.717, 1.165) is 23.8 Å². The topological polar surface area (TPSA) is 61.3 Å². The zero-order valence-electron chi connectivity index (χ0n) is 11.6. The maximum Gasteiger partial charge on any atom is 0.134 e. The second kappa shape index (κ2) is 7.94. The molecule has 0 fully saturated rings. The van der Waals surface area contributed by atoms with Gasteiger partial charge in [-0.1, -0.05) is 34.8 Å². The lowest BCUT2D eigenvalue weighted by Gasteiger charge is -2.20. The van der Waals surface area contributed by atoms with Crippen LogP contribution in [0.3, 0.4) is 0 Å². The van der Waals surface area contributed by atoms with Crippen molar-refractivity contribution in [1.29, 1.82) is 0 Å². The molecule has 1 aromatic carbocycles. The molecular formula is C14H20N4OS. The highest BCUT2D eigenvalue weighted by Gasteiger charge is 2.13. The molecule has 0 radical (unpaired) electrons. The number of nitrogens with zero attached hydrogens (tertiary/aromatic N) is 3. The molecule has 0 aliphatic carbocycles. The number of anilines is 1. The van der Waals surface area contributed by atoms with Gasteiger partial charge < -0.3 is 10.4 Å². The van der Waals surface area contributed by atoms with E-state index in [4.69, 9.17) is 0 Å². The van der Waals surface area contributed by atoms with Gasteiger partial charge in [-0.3, -0.25) is 4.90 Å². The SMILES string of the molecule is CCNc1snnc1CN(CCO)Cc1ccccc1. The van der Waals surface area contributed by atoms with Crippen LogP contribution < -0.4 is 5.32 Å². The minimum absolute atomic E-state index is 0.140. The highest BCUT2D eigenvalue weighted by atomic mass is 32.1. The Kier molecular flexibility index (Phi) is 5.91. The van der Waals surface area contributed by atoms with Crippen molar-refractivity contribution in [2.24, 2.45) is 0 Å². The highest BCUT2D eigenvalue weighted by Crippen LogP contribution is 2.19. The fourth-order valence-corrected chi connectivity index (χ4v) is 2.66. The summed E-state index contributed by atoms with van der Waals surface area (Å²) in [7, 11) is 0. The van der Waals surface area contributed by atoms with E-state index in [0.29, 0.717) is 13.1 Å². The van der Waals surface area contributed by atoms with E-state index < -0.39 is 0 Å². The molecule has 0 saturated heterocycles.